The predicted molar refractivity (Wildman–Crippen MR) is 88.7 cm³/mol. The van der Waals surface area contributed by atoms with E-state index in [-0.39, 0.29) is 4.90 Å². The molecule has 0 unspecified atom stereocenters. The molecule has 3 heterocycles. The number of hydrogen-bond donors (Lipinski definition) is 2. The first-order valence-electron chi connectivity index (χ1n) is 7.95. The molecule has 0 saturated heterocycles. The van der Waals surface area contributed by atoms with Gasteiger partial charge in [0, 0.05) is 31.5 Å². The van der Waals surface area contributed by atoms with E-state index in [1.807, 2.05) is 0 Å². The number of hydrogen-bond acceptors (Lipinski definition) is 6. The number of halogens is 3. The molecule has 0 saturated carbocycles. The lowest BCUT2D eigenvalue weighted by molar-refractivity contribution is -0.192. The number of carboxylic acid groups (broad SMARTS) is 1. The van der Waals surface area contributed by atoms with Gasteiger partial charge in [0.15, 0.2) is 11.5 Å². The van der Waals surface area contributed by atoms with Crippen molar-refractivity contribution < 1.29 is 41.0 Å². The molecule has 2 aliphatic heterocycles. The lowest BCUT2D eigenvalue weighted by Gasteiger charge is -2.19. The molecule has 2 aliphatic rings. The summed E-state index contributed by atoms with van der Waals surface area (Å²) in [6.07, 6.45) is -1.75. The summed E-state index contributed by atoms with van der Waals surface area (Å²) in [5, 5.41) is 10.3. The lowest BCUT2D eigenvalue weighted by Crippen LogP contribution is -2.21. The molecule has 1 aromatic heterocycles. The number of nitrogens with zero attached hydrogens (tertiary/aromatic N) is 1. The topological polar surface area (TPSA) is 107 Å². The minimum atomic E-state index is -5.08. The zero-order chi connectivity index (χ0) is 20.5. The van der Waals surface area contributed by atoms with E-state index < -0.39 is 22.2 Å². The third-order valence-electron chi connectivity index (χ3n) is 3.94. The number of rotatable bonds is 2. The van der Waals surface area contributed by atoms with Gasteiger partial charge in [-0.3, -0.25) is 0 Å². The number of nitrogens with one attached hydrogen (secondary N) is 1. The molecule has 0 radical (unpaired) electrons. The minimum absolute atomic E-state index is 0.202. The van der Waals surface area contributed by atoms with Crippen molar-refractivity contribution in [1.82, 2.24) is 9.29 Å². The fourth-order valence-corrected chi connectivity index (χ4v) is 3.88. The first kappa shape index (κ1) is 20.0. The molecule has 4 rings (SSSR count). The van der Waals surface area contributed by atoms with Crippen LogP contribution in [0, 0.1) is 0 Å². The second-order valence-electron chi connectivity index (χ2n) is 5.86. The van der Waals surface area contributed by atoms with Gasteiger partial charge in [0.05, 0.1) is 4.90 Å². The Balaban J connectivity index is 0.000000279. The van der Waals surface area contributed by atoms with Crippen molar-refractivity contribution >= 4 is 16.0 Å². The van der Waals surface area contributed by atoms with E-state index in [4.69, 9.17) is 19.4 Å². The molecule has 28 heavy (non-hydrogen) atoms. The SMILES string of the molecule is O=C(O)C(F)(F)F.O=S(=O)(c1ccc2c(c1)OCCO2)n1cc2c(c1)CNC2. The number of fused-ring (bicyclic) bond motifs is 2. The zero-order valence-corrected chi connectivity index (χ0v) is 15.0. The van der Waals surface area contributed by atoms with Crippen molar-refractivity contribution in [2.75, 3.05) is 13.2 Å². The molecular weight excluding hydrogens is 405 g/mol. The number of carboxylic acids is 1. The van der Waals surface area contributed by atoms with Crippen LogP contribution in [0.2, 0.25) is 0 Å². The molecule has 2 N–H and O–H groups in total. The molecule has 8 nitrogen and oxygen atoms in total. The van der Waals surface area contributed by atoms with Crippen LogP contribution in [0.5, 0.6) is 11.5 Å². The molecular formula is C16H15F3N2O6S. The summed E-state index contributed by atoms with van der Waals surface area (Å²) < 4.78 is 69.2. The molecule has 0 spiro atoms. The van der Waals surface area contributed by atoms with Crippen LogP contribution in [-0.4, -0.2) is 42.9 Å². The summed E-state index contributed by atoms with van der Waals surface area (Å²) in [7, 11) is -3.60. The van der Waals surface area contributed by atoms with Crippen LogP contribution in [0.15, 0.2) is 35.5 Å². The van der Waals surface area contributed by atoms with E-state index in [1.54, 1.807) is 24.5 Å². The van der Waals surface area contributed by atoms with Crippen LogP contribution in [0.4, 0.5) is 13.2 Å². The molecule has 0 amide bonds. The summed E-state index contributed by atoms with van der Waals surface area (Å²) in [5.74, 6) is -1.70. The lowest BCUT2D eigenvalue weighted by atomic mass is 10.2. The van der Waals surface area contributed by atoms with Crippen LogP contribution in [-0.2, 0) is 27.9 Å². The first-order chi connectivity index (χ1) is 13.1. The van der Waals surface area contributed by atoms with Crippen molar-refractivity contribution in [3.8, 4) is 11.5 Å². The Labute approximate surface area is 157 Å². The maximum absolute atomic E-state index is 12.7. The number of ether oxygens (including phenoxy) is 2. The van der Waals surface area contributed by atoms with Crippen molar-refractivity contribution in [2.24, 2.45) is 0 Å². The standard InChI is InChI=1S/C14H14N2O4S.C2HF3O2/c17-21(18,16-8-10-6-15-7-11(10)9-16)12-1-2-13-14(5-12)20-4-3-19-13;3-2(4,5)1(6)7/h1-2,5,8-9,15H,3-4,6-7H2;(H,6,7). The van der Waals surface area contributed by atoms with Gasteiger partial charge in [-0.15, -0.1) is 0 Å². The maximum atomic E-state index is 12.7. The Bertz CT molecular complexity index is 979. The number of benzene rings is 1. The average molecular weight is 420 g/mol. The average Bonchev–Trinajstić information content (AvgIpc) is 3.23. The van der Waals surface area contributed by atoms with Gasteiger partial charge in [-0.2, -0.15) is 13.2 Å². The van der Waals surface area contributed by atoms with E-state index >= 15 is 0 Å². The third-order valence-corrected chi connectivity index (χ3v) is 5.56. The molecule has 152 valence electrons. The Morgan fingerprint density at radius 2 is 1.61 bits per heavy atom. The minimum Gasteiger partial charge on any atom is -0.486 e. The van der Waals surface area contributed by atoms with Gasteiger partial charge in [-0.05, 0) is 23.3 Å². The van der Waals surface area contributed by atoms with E-state index in [1.165, 1.54) is 10.0 Å². The Hall–Kier alpha value is -2.73. The van der Waals surface area contributed by atoms with Crippen molar-refractivity contribution in [3.63, 3.8) is 0 Å². The van der Waals surface area contributed by atoms with Crippen LogP contribution >= 0.6 is 0 Å². The molecule has 0 bridgehead atoms. The summed E-state index contributed by atoms with van der Waals surface area (Å²) in [6.45, 7) is 2.33. The molecule has 0 fully saturated rings. The highest BCUT2D eigenvalue weighted by Crippen LogP contribution is 2.33. The highest BCUT2D eigenvalue weighted by Gasteiger charge is 2.38. The maximum Gasteiger partial charge on any atom is 0.490 e. The van der Waals surface area contributed by atoms with Crippen LogP contribution < -0.4 is 14.8 Å². The van der Waals surface area contributed by atoms with Gasteiger partial charge in [-0.1, -0.05) is 0 Å². The smallest absolute Gasteiger partial charge is 0.486 e. The third kappa shape index (κ3) is 4.07. The molecule has 1 aromatic carbocycles. The van der Waals surface area contributed by atoms with Gasteiger partial charge in [0.2, 0.25) is 0 Å². The van der Waals surface area contributed by atoms with E-state index in [2.05, 4.69) is 5.32 Å². The van der Waals surface area contributed by atoms with Gasteiger partial charge in [-0.25, -0.2) is 17.2 Å². The quantitative estimate of drug-likeness (QED) is 0.762. The highest BCUT2D eigenvalue weighted by molar-refractivity contribution is 7.90. The number of carbonyl (C=O) groups is 1. The van der Waals surface area contributed by atoms with E-state index in [9.17, 15) is 21.6 Å². The van der Waals surface area contributed by atoms with Crippen LogP contribution in [0.25, 0.3) is 0 Å². The number of aliphatic carboxylic acids is 1. The van der Waals surface area contributed by atoms with Gasteiger partial charge >= 0.3 is 12.1 Å². The van der Waals surface area contributed by atoms with Gasteiger partial charge in [0.25, 0.3) is 10.0 Å². The van der Waals surface area contributed by atoms with Crippen LogP contribution in [0.3, 0.4) is 0 Å². The monoisotopic (exact) mass is 420 g/mol. The van der Waals surface area contributed by atoms with E-state index in [0.29, 0.717) is 37.8 Å². The zero-order valence-electron chi connectivity index (χ0n) is 14.2. The Morgan fingerprint density at radius 3 is 2.14 bits per heavy atom. The normalized spacial score (nSPS) is 15.4. The summed E-state index contributed by atoms with van der Waals surface area (Å²) in [4.78, 5) is 9.10. The fraction of sp³-hybridized carbons (Fsp3) is 0.312. The van der Waals surface area contributed by atoms with Gasteiger partial charge < -0.3 is 19.9 Å². The largest absolute Gasteiger partial charge is 0.490 e. The molecule has 0 atom stereocenters. The van der Waals surface area contributed by atoms with Crippen LogP contribution in [0.1, 0.15) is 11.1 Å². The number of alkyl halides is 3. The Kier molecular flexibility index (Phi) is 5.26. The summed E-state index contributed by atoms with van der Waals surface area (Å²) in [6, 6.07) is 4.71. The van der Waals surface area contributed by atoms with Gasteiger partial charge in [0.1, 0.15) is 13.2 Å². The number of aromatic nitrogens is 1. The van der Waals surface area contributed by atoms with Crippen molar-refractivity contribution in [1.29, 1.82) is 0 Å². The first-order valence-corrected chi connectivity index (χ1v) is 9.39. The van der Waals surface area contributed by atoms with Crippen molar-refractivity contribution in [2.45, 2.75) is 24.2 Å². The fourth-order valence-electron chi connectivity index (χ4n) is 2.61. The second kappa shape index (κ2) is 7.36. The summed E-state index contributed by atoms with van der Waals surface area (Å²) >= 11 is 0. The summed E-state index contributed by atoms with van der Waals surface area (Å²) in [5.41, 5.74) is 2.05. The van der Waals surface area contributed by atoms with Crippen molar-refractivity contribution in [3.05, 3.63) is 41.7 Å². The second-order valence-corrected chi connectivity index (χ2v) is 7.70. The molecule has 0 aliphatic carbocycles. The van der Waals surface area contributed by atoms with E-state index in [0.717, 1.165) is 11.1 Å². The predicted octanol–water partition coefficient (Wildman–Crippen LogP) is 1.73. The molecule has 2 aromatic rings. The highest BCUT2D eigenvalue weighted by atomic mass is 32.2. The molecule has 12 heteroatoms. The Morgan fingerprint density at radius 1 is 1.07 bits per heavy atom.